The molecule has 0 amide bonds. The molecule has 0 aliphatic carbocycles. The summed E-state index contributed by atoms with van der Waals surface area (Å²) in [5, 5.41) is 8.10. The van der Waals surface area contributed by atoms with Crippen molar-refractivity contribution in [3.05, 3.63) is 53.8 Å². The van der Waals surface area contributed by atoms with Crippen LogP contribution in [-0.4, -0.2) is 21.0 Å². The molecule has 0 fully saturated rings. The molecule has 2 heterocycles. The maximum Gasteiger partial charge on any atom is 0.350 e. The Kier molecular flexibility index (Phi) is 4.37. The van der Waals surface area contributed by atoms with Crippen LogP contribution in [0.2, 0.25) is 0 Å². The SMILES string of the molecule is O=C(OCn1nnc2ccccc2c1=O)c1cc(Br)c(Br)s1. The molecule has 0 unspecified atom stereocenters. The number of esters is 1. The molecule has 0 N–H and O–H groups in total. The predicted molar refractivity (Wildman–Crippen MR) is 88.9 cm³/mol. The number of fused-ring (bicyclic) bond motifs is 1. The molecule has 0 atom stereocenters. The molecular formula is C13H7Br2N3O3S. The van der Waals surface area contributed by atoms with Crippen LogP contribution in [0.4, 0.5) is 0 Å². The molecular weight excluding hydrogens is 438 g/mol. The van der Waals surface area contributed by atoms with Crippen molar-refractivity contribution in [2.24, 2.45) is 0 Å². The van der Waals surface area contributed by atoms with Crippen molar-refractivity contribution < 1.29 is 9.53 Å². The maximum atomic E-state index is 12.2. The van der Waals surface area contributed by atoms with E-state index in [0.29, 0.717) is 15.8 Å². The molecule has 0 aliphatic heterocycles. The fraction of sp³-hybridized carbons (Fsp3) is 0.0769. The fourth-order valence-electron chi connectivity index (χ4n) is 1.75. The molecule has 2 aromatic heterocycles. The Morgan fingerprint density at radius 1 is 1.32 bits per heavy atom. The summed E-state index contributed by atoms with van der Waals surface area (Å²) in [4.78, 5) is 24.6. The number of thiophene rings is 1. The molecule has 0 spiro atoms. The van der Waals surface area contributed by atoms with Crippen LogP contribution in [0.3, 0.4) is 0 Å². The lowest BCUT2D eigenvalue weighted by Gasteiger charge is -2.05. The second-order valence-electron chi connectivity index (χ2n) is 4.20. The van der Waals surface area contributed by atoms with Gasteiger partial charge in [-0.3, -0.25) is 4.79 Å². The van der Waals surface area contributed by atoms with Gasteiger partial charge in [-0.25, -0.2) is 4.79 Å². The van der Waals surface area contributed by atoms with Crippen molar-refractivity contribution in [1.29, 1.82) is 0 Å². The number of aromatic nitrogens is 3. The van der Waals surface area contributed by atoms with E-state index in [2.05, 4.69) is 42.2 Å². The van der Waals surface area contributed by atoms with Gasteiger partial charge in [0.25, 0.3) is 5.56 Å². The molecule has 9 heteroatoms. The molecule has 0 bridgehead atoms. The zero-order valence-electron chi connectivity index (χ0n) is 10.8. The third-order valence-corrected chi connectivity index (χ3v) is 6.03. The van der Waals surface area contributed by atoms with Gasteiger partial charge in [-0.15, -0.1) is 16.4 Å². The summed E-state index contributed by atoms with van der Waals surface area (Å²) in [5.74, 6) is -0.529. The van der Waals surface area contributed by atoms with Crippen molar-refractivity contribution in [2.75, 3.05) is 0 Å². The molecule has 3 aromatic rings. The van der Waals surface area contributed by atoms with E-state index in [-0.39, 0.29) is 12.3 Å². The van der Waals surface area contributed by atoms with Crippen LogP contribution < -0.4 is 5.56 Å². The lowest BCUT2D eigenvalue weighted by molar-refractivity contribution is 0.0342. The van der Waals surface area contributed by atoms with E-state index in [1.54, 1.807) is 30.3 Å². The highest BCUT2D eigenvalue weighted by molar-refractivity contribution is 9.13. The van der Waals surface area contributed by atoms with Crippen molar-refractivity contribution in [1.82, 2.24) is 15.0 Å². The van der Waals surface area contributed by atoms with Crippen LogP contribution in [-0.2, 0) is 11.5 Å². The van der Waals surface area contributed by atoms with Gasteiger partial charge in [0.05, 0.1) is 9.17 Å². The normalized spacial score (nSPS) is 10.8. The quantitative estimate of drug-likeness (QED) is 0.580. The molecule has 1 aromatic carbocycles. The van der Waals surface area contributed by atoms with Crippen molar-refractivity contribution in [3.63, 3.8) is 0 Å². The minimum atomic E-state index is -0.529. The first-order valence-corrected chi connectivity index (χ1v) is 8.41. The second kappa shape index (κ2) is 6.27. The van der Waals surface area contributed by atoms with E-state index in [0.717, 1.165) is 12.9 Å². The summed E-state index contributed by atoms with van der Waals surface area (Å²) in [6.45, 7) is -0.289. The topological polar surface area (TPSA) is 74.1 Å². The van der Waals surface area contributed by atoms with Gasteiger partial charge < -0.3 is 4.74 Å². The number of nitrogens with zero attached hydrogens (tertiary/aromatic N) is 3. The van der Waals surface area contributed by atoms with Gasteiger partial charge in [0.1, 0.15) is 10.4 Å². The van der Waals surface area contributed by atoms with Crippen LogP contribution in [0.25, 0.3) is 10.9 Å². The molecule has 0 saturated carbocycles. The van der Waals surface area contributed by atoms with Crippen LogP contribution in [0, 0.1) is 0 Å². The van der Waals surface area contributed by atoms with Gasteiger partial charge in [0, 0.05) is 4.47 Å². The van der Waals surface area contributed by atoms with E-state index in [4.69, 9.17) is 4.74 Å². The number of hydrogen-bond acceptors (Lipinski definition) is 6. The summed E-state index contributed by atoms with van der Waals surface area (Å²) in [7, 11) is 0. The molecule has 3 rings (SSSR count). The first-order chi connectivity index (χ1) is 10.6. The maximum absolute atomic E-state index is 12.2. The van der Waals surface area contributed by atoms with Crippen LogP contribution in [0.5, 0.6) is 0 Å². The van der Waals surface area contributed by atoms with E-state index in [1.807, 2.05) is 0 Å². The molecule has 22 heavy (non-hydrogen) atoms. The van der Waals surface area contributed by atoms with Crippen LogP contribution in [0.15, 0.2) is 43.4 Å². The standard InChI is InChI=1S/C13H7Br2N3O3S/c14-8-5-10(22-11(8)15)13(20)21-6-18-12(19)7-3-1-2-4-9(7)16-17-18/h1-5H,6H2. The van der Waals surface area contributed by atoms with Crippen molar-refractivity contribution >= 4 is 60.1 Å². The van der Waals surface area contributed by atoms with E-state index >= 15 is 0 Å². The first-order valence-electron chi connectivity index (χ1n) is 6.01. The Balaban J connectivity index is 1.80. The predicted octanol–water partition coefficient (Wildman–Crippen LogP) is 3.19. The van der Waals surface area contributed by atoms with E-state index < -0.39 is 5.97 Å². The largest absolute Gasteiger partial charge is 0.438 e. The summed E-state index contributed by atoms with van der Waals surface area (Å²) in [6, 6.07) is 8.50. The van der Waals surface area contributed by atoms with Gasteiger partial charge in [-0.05, 0) is 50.1 Å². The smallest absolute Gasteiger partial charge is 0.350 e. The number of benzene rings is 1. The number of carbonyl (C=O) groups is 1. The van der Waals surface area contributed by atoms with E-state index in [1.165, 1.54) is 11.3 Å². The molecule has 6 nitrogen and oxygen atoms in total. The Morgan fingerprint density at radius 3 is 2.82 bits per heavy atom. The lowest BCUT2D eigenvalue weighted by atomic mass is 10.2. The van der Waals surface area contributed by atoms with Gasteiger partial charge >= 0.3 is 5.97 Å². The third-order valence-electron chi connectivity index (χ3n) is 2.79. The number of carbonyl (C=O) groups excluding carboxylic acids is 1. The number of hydrogen-bond donors (Lipinski definition) is 0. The number of ether oxygens (including phenoxy) is 1. The summed E-state index contributed by atoms with van der Waals surface area (Å²) in [5.41, 5.74) is 0.146. The van der Waals surface area contributed by atoms with Gasteiger partial charge in [-0.2, -0.15) is 4.68 Å². The second-order valence-corrected chi connectivity index (χ2v) is 7.43. The average Bonchev–Trinajstić information content (AvgIpc) is 2.86. The first kappa shape index (κ1) is 15.3. The Labute approximate surface area is 145 Å². The summed E-state index contributed by atoms with van der Waals surface area (Å²) < 4.78 is 7.68. The highest BCUT2D eigenvalue weighted by Crippen LogP contribution is 2.32. The van der Waals surface area contributed by atoms with Crippen LogP contribution in [0.1, 0.15) is 9.67 Å². The van der Waals surface area contributed by atoms with E-state index in [9.17, 15) is 9.59 Å². The minimum absolute atomic E-state index is 0.289. The third kappa shape index (κ3) is 2.96. The average molecular weight is 445 g/mol. The fourth-order valence-corrected chi connectivity index (χ4v) is 3.68. The van der Waals surface area contributed by atoms with Gasteiger partial charge in [0.2, 0.25) is 0 Å². The highest BCUT2D eigenvalue weighted by atomic mass is 79.9. The van der Waals surface area contributed by atoms with Crippen molar-refractivity contribution in [3.8, 4) is 0 Å². The zero-order chi connectivity index (χ0) is 15.7. The molecule has 0 aliphatic rings. The monoisotopic (exact) mass is 443 g/mol. The number of halogens is 2. The summed E-state index contributed by atoms with van der Waals surface area (Å²) >= 11 is 7.84. The van der Waals surface area contributed by atoms with Gasteiger partial charge in [-0.1, -0.05) is 17.3 Å². The molecule has 112 valence electrons. The Bertz CT molecular complexity index is 903. The molecule has 0 saturated heterocycles. The Hall–Kier alpha value is -1.58. The Morgan fingerprint density at radius 2 is 2.09 bits per heavy atom. The summed E-state index contributed by atoms with van der Waals surface area (Å²) in [6.07, 6.45) is 0. The zero-order valence-corrected chi connectivity index (χ0v) is 14.8. The van der Waals surface area contributed by atoms with Gasteiger partial charge in [0.15, 0.2) is 6.73 Å². The highest BCUT2D eigenvalue weighted by Gasteiger charge is 2.14. The van der Waals surface area contributed by atoms with Crippen molar-refractivity contribution in [2.45, 2.75) is 6.73 Å². The minimum Gasteiger partial charge on any atom is -0.438 e. The van der Waals surface area contributed by atoms with Crippen LogP contribution >= 0.6 is 43.2 Å². The lowest BCUT2D eigenvalue weighted by Crippen LogP contribution is -2.26. The molecule has 0 radical (unpaired) electrons. The number of rotatable bonds is 3.